The SMILES string of the molecule is C.CC(C)(C)N1CCCCC1.CC(C)(C)N1CCCCC1.CC(C)(C)N1CCCCC1.CC(C)(C)N1CCCCC1.CC1CC(C)CN(C(C)(C)C)C1.CC1CCCC(C)N1C(C)(C)C.CC1CCCC(C)N1C(C)(C)C.CC1CCCC(C)N1C(C)(C)C.CC1CCCC(C)N1C(C)(C)C.CC1CN(C(C)(C)C)CC(C)N1C.CC1CN(C(C)(C)C)CC(C)O1.CC1CN(C(C)(C)C)CC(C)S1. The summed E-state index contributed by atoms with van der Waals surface area (Å²) in [6, 6.07) is 7.54. The number of morpholine rings is 1. The van der Waals surface area contributed by atoms with Crippen LogP contribution >= 0.6 is 11.8 Å². The van der Waals surface area contributed by atoms with Crippen LogP contribution in [0.25, 0.3) is 0 Å². The molecule has 16 atom stereocenters. The smallest absolute Gasteiger partial charge is 0.0678 e. The maximum atomic E-state index is 5.67. The van der Waals surface area contributed by atoms with E-state index >= 15 is 0 Å². The van der Waals surface area contributed by atoms with Crippen LogP contribution in [0.5, 0.6) is 0 Å². The Bertz CT molecular complexity index is 2610. The van der Waals surface area contributed by atoms with Crippen LogP contribution in [0, 0.1) is 11.8 Å². The molecule has 138 heavy (non-hydrogen) atoms. The van der Waals surface area contributed by atoms with Crippen molar-refractivity contribution in [1.29, 1.82) is 0 Å². The summed E-state index contributed by atoms with van der Waals surface area (Å²) in [5, 5.41) is 1.60. The average molecular weight is 1970 g/mol. The fraction of sp³-hybridized carbons (Fsp3) is 1.00. The molecule has 12 aliphatic rings. The Hall–Kier alpha value is -0.210. The molecule has 0 bridgehead atoms. The number of rotatable bonds is 0. The van der Waals surface area contributed by atoms with Crippen LogP contribution in [-0.2, 0) is 4.74 Å². The maximum Gasteiger partial charge on any atom is 0.0678 e. The van der Waals surface area contributed by atoms with Crippen molar-refractivity contribution in [3.63, 3.8) is 0 Å². The van der Waals surface area contributed by atoms with Crippen LogP contribution in [0.4, 0.5) is 0 Å². The second-order valence-corrected chi connectivity index (χ2v) is 60.2. The summed E-state index contributed by atoms with van der Waals surface area (Å²) in [6.45, 7) is 140. The molecule has 0 N–H and O–H groups in total. The predicted octanol–water partition coefficient (Wildman–Crippen LogP) is 31.0. The van der Waals surface area contributed by atoms with Gasteiger partial charge < -0.3 is 4.74 Å². The summed E-state index contributed by atoms with van der Waals surface area (Å²) in [5.41, 5.74) is 4.32. The van der Waals surface area contributed by atoms with E-state index in [2.05, 4.69) is 443 Å². The fourth-order valence-corrected chi connectivity index (χ4v) is 26.2. The van der Waals surface area contributed by atoms with Crippen molar-refractivity contribution in [3.05, 3.63) is 0 Å². The van der Waals surface area contributed by atoms with Gasteiger partial charge in [-0.2, -0.15) is 11.8 Å². The second kappa shape index (κ2) is 61.9. The molecule has 0 aromatic heterocycles. The Balaban J connectivity index is 0.00000148. The number of likely N-dealkylation sites (tertiary alicyclic amines) is 9. The number of ether oxygens (including phenoxy) is 1. The monoisotopic (exact) mass is 1970 g/mol. The number of thioether (sulfide) groups is 1. The Labute approximate surface area is 875 Å². The molecule has 830 valence electrons. The Morgan fingerprint density at radius 2 is 0.355 bits per heavy atom. The summed E-state index contributed by atoms with van der Waals surface area (Å²) in [6.07, 6.45) is 35.8. The maximum absolute atomic E-state index is 5.67. The zero-order valence-electron chi connectivity index (χ0n) is 104. The molecule has 12 heterocycles. The van der Waals surface area contributed by atoms with E-state index in [0.717, 1.165) is 83.8 Å². The van der Waals surface area contributed by atoms with Crippen molar-refractivity contribution < 1.29 is 4.74 Å². The van der Waals surface area contributed by atoms with Crippen molar-refractivity contribution >= 4 is 11.8 Å². The molecule has 0 radical (unpaired) electrons. The summed E-state index contributed by atoms with van der Waals surface area (Å²) < 4.78 is 5.67. The predicted molar refractivity (Wildman–Crippen MR) is 626 cm³/mol. The minimum Gasteiger partial charge on any atom is -0.373 e. The first-order chi connectivity index (χ1) is 62.1. The van der Waals surface area contributed by atoms with E-state index in [1.807, 2.05) is 0 Å². The van der Waals surface area contributed by atoms with Gasteiger partial charge in [-0.1, -0.05) is 86.5 Å². The quantitative estimate of drug-likeness (QED) is 0.231. The zero-order valence-corrected chi connectivity index (χ0v) is 105. The summed E-state index contributed by atoms with van der Waals surface area (Å²) in [7, 11) is 2.23. The number of nitrogens with zero attached hydrogens (tertiary/aromatic N) is 13. The van der Waals surface area contributed by atoms with Crippen LogP contribution in [0.3, 0.4) is 0 Å². The lowest BCUT2D eigenvalue weighted by molar-refractivity contribution is -0.0924. The van der Waals surface area contributed by atoms with Crippen LogP contribution in [0.15, 0.2) is 0 Å². The van der Waals surface area contributed by atoms with Crippen molar-refractivity contribution in [2.45, 2.75) is 678 Å². The third-order valence-electron chi connectivity index (χ3n) is 32.0. The number of hydrogen-bond acceptors (Lipinski definition) is 15. The lowest BCUT2D eigenvalue weighted by Crippen LogP contribution is -2.59. The van der Waals surface area contributed by atoms with Crippen LogP contribution < -0.4 is 0 Å². The van der Waals surface area contributed by atoms with Crippen LogP contribution in [0.2, 0.25) is 0 Å². The van der Waals surface area contributed by atoms with Crippen molar-refractivity contribution in [3.8, 4) is 0 Å². The lowest BCUT2D eigenvalue weighted by Gasteiger charge is -2.48. The van der Waals surface area contributed by atoms with Gasteiger partial charge in [-0.15, -0.1) is 0 Å². The molecule has 12 fully saturated rings. The Kier molecular flexibility index (Phi) is 61.8. The number of piperazine rings is 1. The van der Waals surface area contributed by atoms with Gasteiger partial charge in [0.15, 0.2) is 0 Å². The van der Waals surface area contributed by atoms with Crippen LogP contribution in [-0.4, -0.2) is 325 Å². The van der Waals surface area contributed by atoms with E-state index in [1.54, 1.807) is 0 Å². The largest absolute Gasteiger partial charge is 0.373 e. The van der Waals surface area contributed by atoms with Crippen LogP contribution in [0.1, 0.15) is 528 Å². The summed E-state index contributed by atoms with van der Waals surface area (Å²) in [4.78, 5) is 33.7. The Morgan fingerprint density at radius 3 is 0.514 bits per heavy atom. The zero-order chi connectivity index (χ0) is 106. The van der Waals surface area contributed by atoms with Gasteiger partial charge in [0, 0.05) is 190 Å². The third kappa shape index (κ3) is 55.0. The number of piperidine rings is 9. The van der Waals surface area contributed by atoms with E-state index < -0.39 is 0 Å². The molecule has 15 heteroatoms. The van der Waals surface area contributed by atoms with Crippen molar-refractivity contribution in [1.82, 2.24) is 63.7 Å². The summed E-state index contributed by atoms with van der Waals surface area (Å²) >= 11 is 2.12. The van der Waals surface area contributed by atoms with E-state index in [9.17, 15) is 0 Å². The molecule has 0 spiro atoms. The highest BCUT2D eigenvalue weighted by atomic mass is 32.2. The molecule has 12 saturated heterocycles. The average Bonchev–Trinajstić information content (AvgIpc) is 0.687. The minimum absolute atomic E-state index is 0. The van der Waals surface area contributed by atoms with Gasteiger partial charge >= 0.3 is 0 Å². The van der Waals surface area contributed by atoms with Gasteiger partial charge in [-0.25, -0.2) is 0 Å². The molecule has 12 rings (SSSR count). The molecule has 0 amide bonds. The van der Waals surface area contributed by atoms with Gasteiger partial charge in [-0.05, 0) is 513 Å². The summed E-state index contributed by atoms with van der Waals surface area (Å²) in [5.74, 6) is 1.76. The molecule has 0 saturated carbocycles. The van der Waals surface area contributed by atoms with Gasteiger partial charge in [0.05, 0.1) is 12.2 Å². The molecule has 14 nitrogen and oxygen atoms in total. The molecular formula is C123H261N13OS. The fourth-order valence-electron chi connectivity index (χ4n) is 24.8. The minimum atomic E-state index is 0. The first-order valence-electron chi connectivity index (χ1n) is 58.3. The van der Waals surface area contributed by atoms with Gasteiger partial charge in [0.25, 0.3) is 0 Å². The first-order valence-corrected chi connectivity index (χ1v) is 59.2. The molecule has 0 aromatic rings. The highest BCUT2D eigenvalue weighted by Gasteiger charge is 2.40. The lowest BCUT2D eigenvalue weighted by atomic mass is 9.88. The van der Waals surface area contributed by atoms with Gasteiger partial charge in [0.1, 0.15) is 0 Å². The molecule has 12 aliphatic heterocycles. The molecule has 0 aromatic carbocycles. The topological polar surface area (TPSA) is 51.4 Å². The number of likely N-dealkylation sites (N-methyl/N-ethyl adjacent to an activating group) is 1. The first kappa shape index (κ1) is 138. The van der Waals surface area contributed by atoms with Crippen molar-refractivity contribution in [2.75, 3.05) is 112 Å². The third-order valence-corrected chi connectivity index (χ3v) is 33.2. The van der Waals surface area contributed by atoms with E-state index in [1.165, 1.54) is 252 Å². The highest BCUT2D eigenvalue weighted by molar-refractivity contribution is 8.00. The second-order valence-electron chi connectivity index (χ2n) is 58.3. The molecular weight excluding hydrogens is 1710 g/mol. The highest BCUT2D eigenvalue weighted by Crippen LogP contribution is 2.37. The Morgan fingerprint density at radius 1 is 0.188 bits per heavy atom. The number of hydrogen-bond donors (Lipinski definition) is 0. The van der Waals surface area contributed by atoms with Crippen molar-refractivity contribution in [2.24, 2.45) is 11.8 Å². The van der Waals surface area contributed by atoms with E-state index in [4.69, 9.17) is 4.74 Å². The normalized spacial score (nSPS) is 30.4. The van der Waals surface area contributed by atoms with Gasteiger partial charge in [-0.3, -0.25) is 63.7 Å². The standard InChI is InChI=1S/C11H24N2.5C11H23N.C10H21NO.C10H21NS.4C9H19N.CH4/c1-9-7-13(11(3,4)5)8-10(2)12(9)6;1-9-6-10(2)8-12(7-9)11(3,4)5;4*1-9-7-6-8-10(2)12(9)11(3,4)5;2*1-8-6-11(10(3,4)5)7-9(2)12-8;4*1-9(2,3)10-7-5-4-6-8-10;/h9-10H,7-8H2,1-6H3;5*9-10H,6-8H2,1-5H3;2*8-9H,6-7H2,1-5H3;4*4-8H2,1-3H3;1H4. The van der Waals surface area contributed by atoms with Gasteiger partial charge in [0.2, 0.25) is 0 Å². The molecule has 16 unspecified atom stereocenters. The molecule has 0 aliphatic carbocycles. The van der Waals surface area contributed by atoms with E-state index in [-0.39, 0.29) is 13.0 Å². The van der Waals surface area contributed by atoms with E-state index in [0.29, 0.717) is 85.2 Å².